The third-order valence-electron chi connectivity index (χ3n) is 3.30. The second-order valence-corrected chi connectivity index (χ2v) is 4.82. The van der Waals surface area contributed by atoms with Crippen molar-refractivity contribution in [2.45, 2.75) is 12.5 Å². The molecule has 19 heavy (non-hydrogen) atoms. The van der Waals surface area contributed by atoms with Gasteiger partial charge >= 0.3 is 0 Å². The molecule has 1 fully saturated rings. The van der Waals surface area contributed by atoms with E-state index < -0.39 is 0 Å². The molecule has 1 aromatic heterocycles. The number of aromatic nitrogens is 1. The average Bonchev–Trinajstić information content (AvgIpc) is 2.37. The molecular weight excluding hydrogens is 260 g/mol. The van der Waals surface area contributed by atoms with Gasteiger partial charge in [-0.05, 0) is 29.3 Å². The van der Waals surface area contributed by atoms with E-state index in [1.165, 1.54) is 0 Å². The van der Waals surface area contributed by atoms with E-state index >= 15 is 0 Å². The van der Waals surface area contributed by atoms with Crippen molar-refractivity contribution >= 4 is 11.6 Å². The molecule has 3 rings (SSSR count). The van der Waals surface area contributed by atoms with Crippen LogP contribution in [0.3, 0.4) is 0 Å². The first-order chi connectivity index (χ1) is 9.29. The molecule has 0 N–H and O–H groups in total. The highest BCUT2D eigenvalue weighted by Gasteiger charge is 2.23. The SMILES string of the molecule is N#Cc1ccc(-c2cnccc2C2CCO2)cc1Cl. The molecule has 1 aliphatic rings. The van der Waals surface area contributed by atoms with Crippen LogP contribution < -0.4 is 0 Å². The van der Waals surface area contributed by atoms with Crippen molar-refractivity contribution in [3.05, 3.63) is 52.8 Å². The summed E-state index contributed by atoms with van der Waals surface area (Å²) in [5.74, 6) is 0. The van der Waals surface area contributed by atoms with Crippen LogP contribution in [0.5, 0.6) is 0 Å². The Kier molecular flexibility index (Phi) is 3.20. The van der Waals surface area contributed by atoms with Gasteiger partial charge in [0.05, 0.1) is 23.3 Å². The number of benzene rings is 1. The van der Waals surface area contributed by atoms with Crippen molar-refractivity contribution in [1.29, 1.82) is 5.26 Å². The van der Waals surface area contributed by atoms with Gasteiger partial charge in [0.15, 0.2) is 0 Å². The summed E-state index contributed by atoms with van der Waals surface area (Å²) in [6.45, 7) is 0.806. The zero-order valence-corrected chi connectivity index (χ0v) is 10.9. The maximum absolute atomic E-state index is 8.90. The topological polar surface area (TPSA) is 45.9 Å². The normalized spacial score (nSPS) is 17.6. The minimum Gasteiger partial charge on any atom is -0.373 e. The Labute approximate surface area is 116 Å². The number of ether oxygens (including phenoxy) is 1. The minimum atomic E-state index is 0.146. The van der Waals surface area contributed by atoms with Gasteiger partial charge in [-0.15, -0.1) is 0 Å². The van der Waals surface area contributed by atoms with Crippen LogP contribution in [0.15, 0.2) is 36.7 Å². The number of rotatable bonds is 2. The molecule has 1 aromatic carbocycles. The number of nitrogens with zero attached hydrogens (tertiary/aromatic N) is 2. The maximum atomic E-state index is 8.90. The lowest BCUT2D eigenvalue weighted by Gasteiger charge is -2.28. The Morgan fingerprint density at radius 3 is 2.84 bits per heavy atom. The number of pyridine rings is 1. The van der Waals surface area contributed by atoms with Gasteiger partial charge in [-0.25, -0.2) is 0 Å². The molecular formula is C15H11ClN2O. The molecule has 4 heteroatoms. The van der Waals surface area contributed by atoms with Crippen molar-refractivity contribution in [3.63, 3.8) is 0 Å². The molecule has 1 aliphatic heterocycles. The third-order valence-corrected chi connectivity index (χ3v) is 3.61. The first-order valence-corrected chi connectivity index (χ1v) is 6.43. The number of hydrogen-bond donors (Lipinski definition) is 0. The quantitative estimate of drug-likeness (QED) is 0.835. The molecule has 1 atom stereocenters. The van der Waals surface area contributed by atoms with Gasteiger partial charge in [0, 0.05) is 24.4 Å². The molecule has 2 heterocycles. The van der Waals surface area contributed by atoms with Crippen molar-refractivity contribution in [1.82, 2.24) is 4.98 Å². The lowest BCUT2D eigenvalue weighted by molar-refractivity contribution is -0.0524. The van der Waals surface area contributed by atoms with Crippen LogP contribution in [0, 0.1) is 11.3 Å². The number of hydrogen-bond acceptors (Lipinski definition) is 3. The lowest BCUT2D eigenvalue weighted by Crippen LogP contribution is -2.19. The third kappa shape index (κ3) is 2.21. The fourth-order valence-corrected chi connectivity index (χ4v) is 2.40. The summed E-state index contributed by atoms with van der Waals surface area (Å²) in [6, 6.07) is 9.47. The van der Waals surface area contributed by atoms with E-state index in [0.29, 0.717) is 10.6 Å². The van der Waals surface area contributed by atoms with Crippen LogP contribution in [0.2, 0.25) is 5.02 Å². The first-order valence-electron chi connectivity index (χ1n) is 6.05. The van der Waals surface area contributed by atoms with Crippen LogP contribution in [0.4, 0.5) is 0 Å². The molecule has 1 saturated heterocycles. The van der Waals surface area contributed by atoms with Crippen LogP contribution in [-0.4, -0.2) is 11.6 Å². The van der Waals surface area contributed by atoms with Crippen molar-refractivity contribution in [3.8, 4) is 17.2 Å². The molecule has 0 spiro atoms. The smallest absolute Gasteiger partial charge is 0.101 e. The Bertz CT molecular complexity index is 659. The summed E-state index contributed by atoms with van der Waals surface area (Å²) in [5.41, 5.74) is 3.58. The molecule has 2 aromatic rings. The zero-order valence-electron chi connectivity index (χ0n) is 10.1. The summed E-state index contributed by atoms with van der Waals surface area (Å²) in [7, 11) is 0. The Hall–Kier alpha value is -1.89. The fourth-order valence-electron chi connectivity index (χ4n) is 2.18. The van der Waals surface area contributed by atoms with Gasteiger partial charge in [-0.3, -0.25) is 4.98 Å². The summed E-state index contributed by atoms with van der Waals surface area (Å²) in [4.78, 5) is 4.17. The molecule has 1 unspecified atom stereocenters. The first kappa shape index (κ1) is 12.2. The van der Waals surface area contributed by atoms with E-state index in [1.54, 1.807) is 18.3 Å². The van der Waals surface area contributed by atoms with Crippen LogP contribution >= 0.6 is 11.6 Å². The predicted octanol–water partition coefficient (Wildman–Crippen LogP) is 3.74. The van der Waals surface area contributed by atoms with Crippen LogP contribution in [0.25, 0.3) is 11.1 Å². The van der Waals surface area contributed by atoms with E-state index in [2.05, 4.69) is 11.1 Å². The predicted molar refractivity (Wildman–Crippen MR) is 72.7 cm³/mol. The van der Waals surface area contributed by atoms with Gasteiger partial charge in [-0.2, -0.15) is 5.26 Å². The summed E-state index contributed by atoms with van der Waals surface area (Å²) in [5, 5.41) is 9.37. The lowest BCUT2D eigenvalue weighted by atomic mass is 9.94. The molecule has 0 saturated carbocycles. The second-order valence-electron chi connectivity index (χ2n) is 4.42. The average molecular weight is 271 g/mol. The zero-order chi connectivity index (χ0) is 13.2. The van der Waals surface area contributed by atoms with Crippen molar-refractivity contribution < 1.29 is 4.74 Å². The molecule has 0 aliphatic carbocycles. The Morgan fingerprint density at radius 1 is 1.37 bits per heavy atom. The van der Waals surface area contributed by atoms with Gasteiger partial charge in [0.2, 0.25) is 0 Å². The van der Waals surface area contributed by atoms with E-state index in [-0.39, 0.29) is 6.10 Å². The van der Waals surface area contributed by atoms with Gasteiger partial charge < -0.3 is 4.74 Å². The van der Waals surface area contributed by atoms with E-state index in [4.69, 9.17) is 21.6 Å². The minimum absolute atomic E-state index is 0.146. The van der Waals surface area contributed by atoms with Gasteiger partial charge in [-0.1, -0.05) is 17.7 Å². The Balaban J connectivity index is 2.07. The summed E-state index contributed by atoms with van der Waals surface area (Å²) in [6.07, 6.45) is 4.76. The van der Waals surface area contributed by atoms with Gasteiger partial charge in [0.1, 0.15) is 6.07 Å². The van der Waals surface area contributed by atoms with E-state index in [9.17, 15) is 0 Å². The van der Waals surface area contributed by atoms with E-state index in [1.807, 2.05) is 18.3 Å². The number of halogens is 1. The highest BCUT2D eigenvalue weighted by molar-refractivity contribution is 6.32. The maximum Gasteiger partial charge on any atom is 0.101 e. The second kappa shape index (κ2) is 5.00. The summed E-state index contributed by atoms with van der Waals surface area (Å²) >= 11 is 6.09. The monoisotopic (exact) mass is 270 g/mol. The Morgan fingerprint density at radius 2 is 2.21 bits per heavy atom. The molecule has 0 radical (unpaired) electrons. The standard InChI is InChI=1S/C15H11ClN2O/c16-14-7-10(1-2-11(14)8-17)13-9-18-5-3-12(13)15-4-6-19-15/h1-3,5,7,9,15H,4,6H2. The molecule has 3 nitrogen and oxygen atoms in total. The molecule has 94 valence electrons. The molecule has 0 bridgehead atoms. The number of nitriles is 1. The van der Waals surface area contributed by atoms with Crippen LogP contribution in [0.1, 0.15) is 23.7 Å². The highest BCUT2D eigenvalue weighted by Crippen LogP contribution is 2.36. The van der Waals surface area contributed by atoms with E-state index in [0.717, 1.165) is 29.7 Å². The molecule has 0 amide bonds. The fraction of sp³-hybridized carbons (Fsp3) is 0.200. The van der Waals surface area contributed by atoms with Crippen molar-refractivity contribution in [2.75, 3.05) is 6.61 Å². The van der Waals surface area contributed by atoms with Crippen molar-refractivity contribution in [2.24, 2.45) is 0 Å². The van der Waals surface area contributed by atoms with Gasteiger partial charge in [0.25, 0.3) is 0 Å². The largest absolute Gasteiger partial charge is 0.373 e. The summed E-state index contributed by atoms with van der Waals surface area (Å²) < 4.78 is 5.54. The highest BCUT2D eigenvalue weighted by atomic mass is 35.5. The van der Waals surface area contributed by atoms with Crippen LogP contribution in [-0.2, 0) is 4.74 Å².